The molecule has 0 radical (unpaired) electrons. The number of pyridine rings is 1. The highest BCUT2D eigenvalue weighted by Gasteiger charge is 2.19. The first-order chi connectivity index (χ1) is 8.20. The molecule has 2 heterocycles. The fraction of sp³-hybridized carbons (Fsp3) is 0. The molecule has 0 spiro atoms. The molecule has 17 heavy (non-hydrogen) atoms. The highest BCUT2D eigenvalue weighted by molar-refractivity contribution is 6.04. The van der Waals surface area contributed by atoms with Gasteiger partial charge in [0.2, 0.25) is 0 Å². The molecular formula is C12H8N2O3. The van der Waals surface area contributed by atoms with Crippen LogP contribution in [0.3, 0.4) is 0 Å². The zero-order valence-electron chi connectivity index (χ0n) is 8.66. The summed E-state index contributed by atoms with van der Waals surface area (Å²) >= 11 is 0. The maximum absolute atomic E-state index is 11.2. The van der Waals surface area contributed by atoms with Crippen molar-refractivity contribution in [3.63, 3.8) is 0 Å². The number of nitrogens with zero attached hydrogens (tertiary/aromatic N) is 2. The van der Waals surface area contributed by atoms with Crippen LogP contribution in [-0.4, -0.2) is 25.6 Å². The van der Waals surface area contributed by atoms with Crippen molar-refractivity contribution in [2.24, 2.45) is 0 Å². The molecule has 3 rings (SSSR count). The predicted octanol–water partition coefficient (Wildman–Crippen LogP) is 1.89. The third-order valence-corrected chi connectivity index (χ3v) is 2.73. The van der Waals surface area contributed by atoms with Crippen LogP contribution in [0.2, 0.25) is 0 Å². The lowest BCUT2D eigenvalue weighted by atomic mass is 10.1. The van der Waals surface area contributed by atoms with Crippen molar-refractivity contribution < 1.29 is 15.0 Å². The normalized spacial score (nSPS) is 11.1. The van der Waals surface area contributed by atoms with Gasteiger partial charge in [0.15, 0.2) is 5.65 Å². The molecule has 2 aromatic heterocycles. The lowest BCUT2D eigenvalue weighted by Crippen LogP contribution is -2.02. The van der Waals surface area contributed by atoms with E-state index in [1.54, 1.807) is 28.8 Å². The summed E-state index contributed by atoms with van der Waals surface area (Å²) in [5.41, 5.74) is 0.796. The highest BCUT2D eigenvalue weighted by atomic mass is 16.4. The number of imidazole rings is 1. The number of benzene rings is 1. The fourth-order valence-corrected chi connectivity index (χ4v) is 2.00. The van der Waals surface area contributed by atoms with Gasteiger partial charge in [0.05, 0.1) is 5.52 Å². The molecule has 0 amide bonds. The number of aromatic hydroxyl groups is 1. The average Bonchev–Trinajstić information content (AvgIpc) is 2.78. The summed E-state index contributed by atoms with van der Waals surface area (Å²) in [6.07, 6.45) is 3.18. The molecule has 5 heteroatoms. The number of aromatic carboxylic acids is 1. The van der Waals surface area contributed by atoms with E-state index in [0.717, 1.165) is 5.52 Å². The van der Waals surface area contributed by atoms with E-state index in [4.69, 9.17) is 5.11 Å². The van der Waals surface area contributed by atoms with Gasteiger partial charge >= 0.3 is 5.97 Å². The molecule has 0 unspecified atom stereocenters. The Bertz CT molecular complexity index is 746. The van der Waals surface area contributed by atoms with Crippen LogP contribution >= 0.6 is 0 Å². The van der Waals surface area contributed by atoms with E-state index < -0.39 is 5.97 Å². The number of fused-ring (bicyclic) bond motifs is 3. The number of carboxylic acid groups (broad SMARTS) is 1. The Labute approximate surface area is 95.6 Å². The van der Waals surface area contributed by atoms with Crippen LogP contribution in [0.1, 0.15) is 10.4 Å². The molecule has 3 aromatic rings. The van der Waals surface area contributed by atoms with Gasteiger partial charge in [-0.15, -0.1) is 0 Å². The van der Waals surface area contributed by atoms with E-state index in [1.165, 1.54) is 6.20 Å². The second-order valence-electron chi connectivity index (χ2n) is 3.67. The van der Waals surface area contributed by atoms with Crippen LogP contribution in [0.5, 0.6) is 5.75 Å². The van der Waals surface area contributed by atoms with Crippen molar-refractivity contribution in [1.82, 2.24) is 9.38 Å². The van der Waals surface area contributed by atoms with Crippen molar-refractivity contribution in [2.45, 2.75) is 0 Å². The first-order valence-electron chi connectivity index (χ1n) is 5.00. The average molecular weight is 228 g/mol. The Hall–Kier alpha value is -2.56. The molecule has 0 fully saturated rings. The van der Waals surface area contributed by atoms with Crippen molar-refractivity contribution in [2.75, 3.05) is 0 Å². The SMILES string of the molecule is O=C(O)c1c(O)c2ccccc2n2ccnc12. The number of para-hydroxylation sites is 1. The Balaban J connectivity index is 2.65. The largest absolute Gasteiger partial charge is 0.506 e. The minimum Gasteiger partial charge on any atom is -0.506 e. The second kappa shape index (κ2) is 3.21. The Morgan fingerprint density at radius 1 is 1.29 bits per heavy atom. The zero-order valence-corrected chi connectivity index (χ0v) is 8.66. The number of rotatable bonds is 1. The first kappa shape index (κ1) is 9.65. The maximum atomic E-state index is 11.2. The Morgan fingerprint density at radius 2 is 2.06 bits per heavy atom. The predicted molar refractivity (Wildman–Crippen MR) is 61.3 cm³/mol. The third-order valence-electron chi connectivity index (χ3n) is 2.73. The lowest BCUT2D eigenvalue weighted by molar-refractivity contribution is 0.0695. The zero-order chi connectivity index (χ0) is 12.0. The van der Waals surface area contributed by atoms with E-state index in [1.807, 2.05) is 6.07 Å². The molecule has 0 aliphatic carbocycles. The number of hydrogen-bond acceptors (Lipinski definition) is 3. The van der Waals surface area contributed by atoms with Gasteiger partial charge in [0.1, 0.15) is 11.3 Å². The molecule has 2 N–H and O–H groups in total. The third kappa shape index (κ3) is 1.19. The van der Waals surface area contributed by atoms with E-state index in [-0.39, 0.29) is 17.0 Å². The minimum atomic E-state index is -1.19. The Kier molecular flexibility index (Phi) is 1.82. The molecule has 1 aromatic carbocycles. The van der Waals surface area contributed by atoms with Crippen LogP contribution in [0, 0.1) is 0 Å². The van der Waals surface area contributed by atoms with Gasteiger partial charge in [-0.25, -0.2) is 9.78 Å². The summed E-state index contributed by atoms with van der Waals surface area (Å²) in [7, 11) is 0. The van der Waals surface area contributed by atoms with Crippen LogP contribution in [0.4, 0.5) is 0 Å². The second-order valence-corrected chi connectivity index (χ2v) is 3.67. The van der Waals surface area contributed by atoms with E-state index in [9.17, 15) is 9.90 Å². The van der Waals surface area contributed by atoms with Crippen LogP contribution < -0.4 is 0 Å². The van der Waals surface area contributed by atoms with Gasteiger partial charge in [-0.1, -0.05) is 12.1 Å². The topological polar surface area (TPSA) is 74.8 Å². The van der Waals surface area contributed by atoms with Gasteiger partial charge in [-0.2, -0.15) is 0 Å². The number of hydrogen-bond donors (Lipinski definition) is 2. The van der Waals surface area contributed by atoms with Crippen LogP contribution in [0.15, 0.2) is 36.7 Å². The first-order valence-corrected chi connectivity index (χ1v) is 5.00. The van der Waals surface area contributed by atoms with Crippen molar-refractivity contribution in [1.29, 1.82) is 0 Å². The summed E-state index contributed by atoms with van der Waals surface area (Å²) < 4.78 is 1.65. The van der Waals surface area contributed by atoms with Gasteiger partial charge < -0.3 is 10.2 Å². The fourth-order valence-electron chi connectivity index (χ4n) is 2.00. The molecule has 5 nitrogen and oxygen atoms in total. The molecule has 0 atom stereocenters. The highest BCUT2D eigenvalue weighted by Crippen LogP contribution is 2.31. The van der Waals surface area contributed by atoms with E-state index >= 15 is 0 Å². The summed E-state index contributed by atoms with van der Waals surface area (Å²) in [5.74, 6) is -1.43. The van der Waals surface area contributed by atoms with E-state index in [0.29, 0.717) is 5.39 Å². The molecule has 0 saturated carbocycles. The van der Waals surface area contributed by atoms with Crippen LogP contribution in [0.25, 0.3) is 16.6 Å². The standard InChI is InChI=1S/C12H8N2O3/c15-10-7-3-1-2-4-8(7)14-6-5-13-11(14)9(10)12(16)17/h1-6,15H,(H,16,17). The molecule has 84 valence electrons. The van der Waals surface area contributed by atoms with Gasteiger partial charge in [-0.05, 0) is 12.1 Å². The molecular weight excluding hydrogens is 220 g/mol. The van der Waals surface area contributed by atoms with Gasteiger partial charge in [0, 0.05) is 17.8 Å². The summed E-state index contributed by atoms with van der Waals surface area (Å²) in [5, 5.41) is 19.6. The molecule has 0 aliphatic rings. The number of carbonyl (C=O) groups is 1. The van der Waals surface area contributed by atoms with Crippen LogP contribution in [-0.2, 0) is 0 Å². The summed E-state index contributed by atoms with van der Waals surface area (Å²) in [4.78, 5) is 15.1. The molecule has 0 saturated heterocycles. The lowest BCUT2D eigenvalue weighted by Gasteiger charge is -2.08. The quantitative estimate of drug-likeness (QED) is 0.667. The van der Waals surface area contributed by atoms with Crippen molar-refractivity contribution in [3.05, 3.63) is 42.2 Å². The van der Waals surface area contributed by atoms with Crippen molar-refractivity contribution >= 4 is 22.5 Å². The molecule has 0 bridgehead atoms. The number of aromatic nitrogens is 2. The van der Waals surface area contributed by atoms with Gasteiger partial charge in [0.25, 0.3) is 0 Å². The van der Waals surface area contributed by atoms with Crippen molar-refractivity contribution in [3.8, 4) is 5.75 Å². The summed E-state index contributed by atoms with van der Waals surface area (Å²) in [6, 6.07) is 7.05. The Morgan fingerprint density at radius 3 is 2.82 bits per heavy atom. The smallest absolute Gasteiger partial charge is 0.343 e. The monoisotopic (exact) mass is 228 g/mol. The minimum absolute atomic E-state index is 0.172. The molecule has 0 aliphatic heterocycles. The maximum Gasteiger partial charge on any atom is 0.343 e. The number of carboxylic acids is 1. The summed E-state index contributed by atoms with van der Waals surface area (Å²) in [6.45, 7) is 0. The van der Waals surface area contributed by atoms with Gasteiger partial charge in [-0.3, -0.25) is 4.40 Å². The van der Waals surface area contributed by atoms with E-state index in [2.05, 4.69) is 4.98 Å².